The summed E-state index contributed by atoms with van der Waals surface area (Å²) in [5.74, 6) is 1.33. The van der Waals surface area contributed by atoms with Gasteiger partial charge in [0.2, 0.25) is 17.6 Å². The van der Waals surface area contributed by atoms with Crippen LogP contribution in [0.25, 0.3) is 0 Å². The third kappa shape index (κ3) is 4.64. The minimum atomic E-state index is -0.941. The number of nitro groups is 1. The molecule has 0 saturated carbocycles. The molecule has 1 aromatic carbocycles. The molecule has 0 aliphatic carbocycles. The lowest BCUT2D eigenvalue weighted by atomic mass is 10.2. The molecule has 164 valence electrons. The monoisotopic (exact) mass is 445 g/mol. The van der Waals surface area contributed by atoms with Crippen molar-refractivity contribution in [3.05, 3.63) is 40.4 Å². The fourth-order valence-electron chi connectivity index (χ4n) is 3.64. The predicted molar refractivity (Wildman–Crippen MR) is 119 cm³/mol. The van der Waals surface area contributed by atoms with Gasteiger partial charge in [0.15, 0.2) is 0 Å². The Hall–Kier alpha value is -3.12. The molecule has 2 fully saturated rings. The van der Waals surface area contributed by atoms with E-state index in [1.807, 2.05) is 18.2 Å². The smallest absolute Gasteiger partial charge is 0.349 e. The molecule has 0 spiro atoms. The van der Waals surface area contributed by atoms with Crippen LogP contribution in [0.2, 0.25) is 0 Å². The molecule has 2 aliphatic rings. The maximum absolute atomic E-state index is 12.1. The zero-order valence-corrected chi connectivity index (χ0v) is 17.6. The third-order valence-corrected chi connectivity index (χ3v) is 6.52. The first-order valence-electron chi connectivity index (χ1n) is 9.98. The molecule has 4 rings (SSSR count). The molecular formula is C19H23N7O4S. The normalized spacial score (nSPS) is 19.8. The van der Waals surface area contributed by atoms with Gasteiger partial charge < -0.3 is 25.2 Å². The fourth-order valence-corrected chi connectivity index (χ4v) is 4.69. The number of piperazine rings is 1. The first kappa shape index (κ1) is 21.1. The second-order valence-electron chi connectivity index (χ2n) is 7.23. The molecule has 0 bridgehead atoms. The number of aldehydes is 1. The molecular weight excluding hydrogens is 422 g/mol. The van der Waals surface area contributed by atoms with Crippen LogP contribution in [-0.4, -0.2) is 75.7 Å². The number of nitrogens with zero attached hydrogens (tertiary/aromatic N) is 5. The summed E-state index contributed by atoms with van der Waals surface area (Å²) in [5, 5.41) is 18.3. The maximum atomic E-state index is 12.1. The average Bonchev–Trinajstić information content (AvgIpc) is 2.79. The van der Waals surface area contributed by atoms with Crippen molar-refractivity contribution in [3.8, 4) is 0 Å². The van der Waals surface area contributed by atoms with Gasteiger partial charge in [0.1, 0.15) is 6.29 Å². The van der Waals surface area contributed by atoms with Crippen LogP contribution in [0.1, 0.15) is 0 Å². The molecule has 12 heteroatoms. The summed E-state index contributed by atoms with van der Waals surface area (Å²) in [7, 11) is -0.941. The van der Waals surface area contributed by atoms with E-state index in [1.54, 1.807) is 21.9 Å². The van der Waals surface area contributed by atoms with Crippen LogP contribution in [0.4, 0.5) is 29.0 Å². The molecule has 1 aromatic heterocycles. The van der Waals surface area contributed by atoms with Gasteiger partial charge in [-0.3, -0.25) is 14.3 Å². The summed E-state index contributed by atoms with van der Waals surface area (Å²) in [6, 6.07) is 8.58. The van der Waals surface area contributed by atoms with Crippen molar-refractivity contribution in [2.24, 2.45) is 0 Å². The van der Waals surface area contributed by atoms with Gasteiger partial charge in [-0.15, -0.1) is 0 Å². The van der Waals surface area contributed by atoms with E-state index in [4.69, 9.17) is 0 Å². The minimum Gasteiger partial charge on any atom is -0.349 e. The number of hydrogen-bond donors (Lipinski definition) is 2. The SMILES string of the molecule is O=CC1CNCCN1c1nc(Nc2ccccc2)c([N+](=O)[O-])c(N2CCS(=O)CC2)n1. The lowest BCUT2D eigenvalue weighted by molar-refractivity contribution is -0.383. The van der Waals surface area contributed by atoms with Gasteiger partial charge in [-0.2, -0.15) is 9.97 Å². The average molecular weight is 446 g/mol. The van der Waals surface area contributed by atoms with Gasteiger partial charge in [-0.1, -0.05) is 18.2 Å². The molecule has 0 amide bonds. The van der Waals surface area contributed by atoms with Crippen molar-refractivity contribution in [1.29, 1.82) is 0 Å². The van der Waals surface area contributed by atoms with E-state index in [0.29, 0.717) is 49.9 Å². The number of rotatable bonds is 6. The summed E-state index contributed by atoms with van der Waals surface area (Å²) in [5.41, 5.74) is 0.409. The number of nitrogens with one attached hydrogen (secondary N) is 2. The Morgan fingerprint density at radius 3 is 2.61 bits per heavy atom. The molecule has 2 N–H and O–H groups in total. The zero-order valence-electron chi connectivity index (χ0n) is 16.8. The Balaban J connectivity index is 1.82. The van der Waals surface area contributed by atoms with Crippen molar-refractivity contribution >= 4 is 46.0 Å². The molecule has 31 heavy (non-hydrogen) atoms. The van der Waals surface area contributed by atoms with Crippen LogP contribution in [0.5, 0.6) is 0 Å². The number of hydrogen-bond acceptors (Lipinski definition) is 10. The van der Waals surface area contributed by atoms with Gasteiger partial charge in [-0.25, -0.2) is 0 Å². The van der Waals surface area contributed by atoms with Crippen molar-refractivity contribution < 1.29 is 13.9 Å². The lowest BCUT2D eigenvalue weighted by Crippen LogP contribution is -2.53. The summed E-state index contributed by atoms with van der Waals surface area (Å²) in [6.45, 7) is 2.38. The van der Waals surface area contributed by atoms with E-state index in [9.17, 15) is 19.1 Å². The number of anilines is 4. The van der Waals surface area contributed by atoms with Crippen molar-refractivity contribution in [2.75, 3.05) is 59.3 Å². The summed E-state index contributed by atoms with van der Waals surface area (Å²) >= 11 is 0. The molecule has 1 unspecified atom stereocenters. The molecule has 0 radical (unpaired) electrons. The highest BCUT2D eigenvalue weighted by Gasteiger charge is 2.33. The largest absolute Gasteiger partial charge is 0.353 e. The van der Waals surface area contributed by atoms with E-state index in [0.717, 1.165) is 6.29 Å². The predicted octanol–water partition coefficient (Wildman–Crippen LogP) is 0.674. The minimum absolute atomic E-state index is 0.0612. The second-order valence-corrected chi connectivity index (χ2v) is 8.92. The van der Waals surface area contributed by atoms with E-state index < -0.39 is 21.8 Å². The van der Waals surface area contributed by atoms with Crippen molar-refractivity contribution in [1.82, 2.24) is 15.3 Å². The molecule has 11 nitrogen and oxygen atoms in total. The Kier molecular flexibility index (Phi) is 6.37. The van der Waals surface area contributed by atoms with E-state index in [-0.39, 0.29) is 23.3 Å². The van der Waals surface area contributed by atoms with Crippen LogP contribution in [-0.2, 0) is 15.6 Å². The lowest BCUT2D eigenvalue weighted by Gasteiger charge is -2.34. The quantitative estimate of drug-likeness (QED) is 0.371. The summed E-state index contributed by atoms with van der Waals surface area (Å²) in [4.78, 5) is 35.7. The van der Waals surface area contributed by atoms with Gasteiger partial charge >= 0.3 is 5.69 Å². The number of para-hydroxylation sites is 1. The highest BCUT2D eigenvalue weighted by atomic mass is 32.2. The first-order valence-corrected chi connectivity index (χ1v) is 11.5. The summed E-state index contributed by atoms with van der Waals surface area (Å²) < 4.78 is 11.8. The first-order chi connectivity index (χ1) is 15.1. The zero-order chi connectivity index (χ0) is 21.8. The van der Waals surface area contributed by atoms with Gasteiger partial charge in [0.05, 0.1) is 11.0 Å². The third-order valence-electron chi connectivity index (χ3n) is 5.25. The van der Waals surface area contributed by atoms with Gasteiger partial charge in [0.25, 0.3) is 0 Å². The highest BCUT2D eigenvalue weighted by molar-refractivity contribution is 7.85. The van der Waals surface area contributed by atoms with Gasteiger partial charge in [0, 0.05) is 60.7 Å². The van der Waals surface area contributed by atoms with Crippen LogP contribution < -0.4 is 20.4 Å². The molecule has 2 aromatic rings. The molecule has 2 aliphatic heterocycles. The number of aromatic nitrogens is 2. The second kappa shape index (κ2) is 9.35. The topological polar surface area (TPSA) is 134 Å². The number of carbonyl (C=O) groups excluding carboxylic acids is 1. The molecule has 2 saturated heterocycles. The maximum Gasteiger partial charge on any atom is 0.353 e. The van der Waals surface area contributed by atoms with Crippen LogP contribution in [0, 0.1) is 10.1 Å². The Morgan fingerprint density at radius 1 is 1.19 bits per heavy atom. The van der Waals surface area contributed by atoms with Crippen LogP contribution >= 0.6 is 0 Å². The van der Waals surface area contributed by atoms with Crippen LogP contribution in [0.3, 0.4) is 0 Å². The van der Waals surface area contributed by atoms with Gasteiger partial charge in [-0.05, 0) is 12.1 Å². The Morgan fingerprint density at radius 2 is 1.94 bits per heavy atom. The van der Waals surface area contributed by atoms with Crippen molar-refractivity contribution in [2.45, 2.75) is 6.04 Å². The van der Waals surface area contributed by atoms with Crippen molar-refractivity contribution in [3.63, 3.8) is 0 Å². The van der Waals surface area contributed by atoms with E-state index >= 15 is 0 Å². The Labute approximate surface area is 181 Å². The summed E-state index contributed by atoms with van der Waals surface area (Å²) in [6.07, 6.45) is 0.824. The van der Waals surface area contributed by atoms with Crippen LogP contribution in [0.15, 0.2) is 30.3 Å². The molecule has 1 atom stereocenters. The number of benzene rings is 1. The van der Waals surface area contributed by atoms with E-state index in [2.05, 4.69) is 20.6 Å². The highest BCUT2D eigenvalue weighted by Crippen LogP contribution is 2.37. The fraction of sp³-hybridized carbons (Fsp3) is 0.421. The van der Waals surface area contributed by atoms with E-state index in [1.165, 1.54) is 0 Å². The Bertz CT molecular complexity index is 981. The molecule has 3 heterocycles. The number of carbonyl (C=O) groups is 1. The standard InChI is InChI=1S/C19H23N7O4S/c27-13-15-12-20-6-7-25(15)19-22-17(21-14-4-2-1-3-5-14)16(26(28)29)18(23-19)24-8-10-31(30)11-9-24/h1-5,13,15,20H,6-12H2,(H,21,22,23).